The molecule has 208 valence electrons. The predicted octanol–water partition coefficient (Wildman–Crippen LogP) is 7.45. The second-order valence-electron chi connectivity index (χ2n) is 9.18. The first-order chi connectivity index (χ1) is 19.6. The number of hydrogen-bond acceptors (Lipinski definition) is 7. The van der Waals surface area contributed by atoms with Crippen molar-refractivity contribution in [1.82, 2.24) is 9.97 Å². The van der Waals surface area contributed by atoms with Crippen molar-refractivity contribution < 1.29 is 27.5 Å². The van der Waals surface area contributed by atoms with Crippen molar-refractivity contribution >= 4 is 50.4 Å². The highest BCUT2D eigenvalue weighted by molar-refractivity contribution is 7.18. The summed E-state index contributed by atoms with van der Waals surface area (Å²) in [6.45, 7) is 1.78. The second-order valence-corrected chi connectivity index (χ2v) is 10.1. The normalized spacial score (nSPS) is 11.3. The Morgan fingerprint density at radius 1 is 1.00 bits per heavy atom. The lowest BCUT2D eigenvalue weighted by molar-refractivity contribution is -0.137. The van der Waals surface area contributed by atoms with Gasteiger partial charge >= 0.3 is 6.18 Å². The van der Waals surface area contributed by atoms with E-state index in [0.29, 0.717) is 32.8 Å². The summed E-state index contributed by atoms with van der Waals surface area (Å²) in [6, 6.07) is 16.8. The summed E-state index contributed by atoms with van der Waals surface area (Å²) in [5.74, 6) is 0.469. The van der Waals surface area contributed by atoms with Gasteiger partial charge in [0.05, 0.1) is 28.5 Å². The number of fused-ring (bicyclic) bond motifs is 1. The molecule has 2 heterocycles. The standard InChI is InChI=1S/C30H23F3N4O3S/c1-17-6-7-19(25(38)13-18-4-3-5-20(12-18)30(31,32)33)14-24(17)37-29(39)23-15-41-27-26(23)34-16-35-28(27)36-21-8-10-22(40-2)11-9-21/h3-12,14-16H,13H2,1-2H3,(H,37,39)(H,34,35,36). The first kappa shape index (κ1) is 27.8. The average Bonchev–Trinajstić information content (AvgIpc) is 3.40. The number of halogens is 3. The lowest BCUT2D eigenvalue weighted by Crippen LogP contribution is -2.14. The van der Waals surface area contributed by atoms with E-state index in [-0.39, 0.29) is 23.3 Å². The molecule has 0 unspecified atom stereocenters. The largest absolute Gasteiger partial charge is 0.497 e. The number of aromatic nitrogens is 2. The van der Waals surface area contributed by atoms with Gasteiger partial charge in [0.1, 0.15) is 12.1 Å². The number of amides is 1. The molecule has 0 radical (unpaired) electrons. The molecule has 11 heteroatoms. The van der Waals surface area contributed by atoms with Crippen LogP contribution in [0.4, 0.5) is 30.4 Å². The van der Waals surface area contributed by atoms with Gasteiger partial charge in [-0.1, -0.05) is 30.3 Å². The number of carbonyl (C=O) groups is 2. The second kappa shape index (κ2) is 11.4. The molecular weight excluding hydrogens is 553 g/mol. The van der Waals surface area contributed by atoms with Crippen LogP contribution in [-0.2, 0) is 12.6 Å². The molecule has 5 rings (SSSR count). The number of methoxy groups -OCH3 is 1. The molecule has 7 nitrogen and oxygen atoms in total. The zero-order chi connectivity index (χ0) is 29.1. The number of nitrogens with one attached hydrogen (secondary N) is 2. The van der Waals surface area contributed by atoms with Crippen molar-refractivity contribution in [2.45, 2.75) is 19.5 Å². The molecular formula is C30H23F3N4O3S. The highest BCUT2D eigenvalue weighted by atomic mass is 32.1. The van der Waals surface area contributed by atoms with E-state index in [9.17, 15) is 22.8 Å². The minimum absolute atomic E-state index is 0.212. The summed E-state index contributed by atoms with van der Waals surface area (Å²) >= 11 is 1.32. The van der Waals surface area contributed by atoms with Gasteiger partial charge in [0.25, 0.3) is 5.91 Å². The van der Waals surface area contributed by atoms with Crippen LogP contribution in [0.25, 0.3) is 10.2 Å². The third-order valence-electron chi connectivity index (χ3n) is 6.38. The van der Waals surface area contributed by atoms with Crippen LogP contribution in [0.5, 0.6) is 5.75 Å². The van der Waals surface area contributed by atoms with Crippen molar-refractivity contribution in [3.8, 4) is 5.75 Å². The van der Waals surface area contributed by atoms with E-state index in [0.717, 1.165) is 23.6 Å². The number of aryl methyl sites for hydroxylation is 1. The van der Waals surface area contributed by atoms with E-state index in [1.807, 2.05) is 24.3 Å². The average molecular weight is 577 g/mol. The fraction of sp³-hybridized carbons (Fsp3) is 0.133. The quantitative estimate of drug-likeness (QED) is 0.187. The van der Waals surface area contributed by atoms with Gasteiger partial charge in [0.2, 0.25) is 0 Å². The molecule has 5 aromatic rings. The molecule has 0 fully saturated rings. The molecule has 0 atom stereocenters. The third kappa shape index (κ3) is 6.20. The topological polar surface area (TPSA) is 93.2 Å². The van der Waals surface area contributed by atoms with Crippen LogP contribution in [0, 0.1) is 6.92 Å². The number of anilines is 3. The molecule has 0 bridgehead atoms. The number of nitrogens with zero attached hydrogens (tertiary/aromatic N) is 2. The van der Waals surface area contributed by atoms with Gasteiger partial charge in [-0.3, -0.25) is 9.59 Å². The van der Waals surface area contributed by atoms with Crippen LogP contribution in [0.15, 0.2) is 78.4 Å². The van der Waals surface area contributed by atoms with Crippen molar-refractivity contribution in [3.63, 3.8) is 0 Å². The summed E-state index contributed by atoms with van der Waals surface area (Å²) in [7, 11) is 1.59. The minimum atomic E-state index is -4.50. The Hall–Kier alpha value is -4.77. The molecule has 1 amide bonds. The maximum Gasteiger partial charge on any atom is 0.416 e. The minimum Gasteiger partial charge on any atom is -0.497 e. The third-order valence-corrected chi connectivity index (χ3v) is 7.35. The maximum absolute atomic E-state index is 13.3. The monoisotopic (exact) mass is 576 g/mol. The smallest absolute Gasteiger partial charge is 0.416 e. The summed E-state index contributed by atoms with van der Waals surface area (Å²) in [6.07, 6.45) is -3.34. The van der Waals surface area contributed by atoms with Crippen molar-refractivity contribution in [1.29, 1.82) is 0 Å². The lowest BCUT2D eigenvalue weighted by Gasteiger charge is -2.11. The Labute approximate surface area is 237 Å². The number of ether oxygens (including phenoxy) is 1. The molecule has 0 aliphatic heterocycles. The van der Waals surface area contributed by atoms with Gasteiger partial charge in [0, 0.05) is 28.7 Å². The van der Waals surface area contributed by atoms with Crippen LogP contribution in [-0.4, -0.2) is 28.8 Å². The number of benzene rings is 3. The number of hydrogen-bond donors (Lipinski definition) is 2. The molecule has 2 aromatic heterocycles. The zero-order valence-electron chi connectivity index (χ0n) is 21.9. The Kier molecular flexibility index (Phi) is 7.71. The summed E-state index contributed by atoms with van der Waals surface area (Å²) < 4.78 is 45.1. The van der Waals surface area contributed by atoms with Crippen LogP contribution >= 0.6 is 11.3 Å². The van der Waals surface area contributed by atoms with Gasteiger partial charge in [-0.05, 0) is 54.4 Å². The molecule has 41 heavy (non-hydrogen) atoms. The number of thiophene rings is 1. The summed E-state index contributed by atoms with van der Waals surface area (Å²) in [5.41, 5.74) is 2.42. The maximum atomic E-state index is 13.3. The van der Waals surface area contributed by atoms with Crippen LogP contribution < -0.4 is 15.4 Å². The molecule has 2 N–H and O–H groups in total. The SMILES string of the molecule is COc1ccc(Nc2ncnc3c(C(=O)Nc4cc(C(=O)Cc5cccc(C(F)(F)F)c5)ccc4C)csc23)cc1. The van der Waals surface area contributed by atoms with Crippen molar-refractivity contribution in [3.05, 3.63) is 106 Å². The number of carbonyl (C=O) groups excluding carboxylic acids is 2. The Balaban J connectivity index is 1.34. The predicted molar refractivity (Wildman–Crippen MR) is 152 cm³/mol. The molecule has 0 saturated heterocycles. The molecule has 0 aliphatic rings. The van der Waals surface area contributed by atoms with Crippen LogP contribution in [0.1, 0.15) is 37.4 Å². The van der Waals surface area contributed by atoms with E-state index < -0.39 is 17.6 Å². The molecule has 0 saturated carbocycles. The Bertz CT molecular complexity index is 1750. The van der Waals surface area contributed by atoms with E-state index in [2.05, 4.69) is 20.6 Å². The number of ketones is 1. The van der Waals surface area contributed by atoms with Gasteiger partial charge in [-0.25, -0.2) is 9.97 Å². The molecule has 3 aromatic carbocycles. The van der Waals surface area contributed by atoms with Gasteiger partial charge < -0.3 is 15.4 Å². The molecule has 0 aliphatic carbocycles. The van der Waals surface area contributed by atoms with E-state index in [1.54, 1.807) is 31.5 Å². The lowest BCUT2D eigenvalue weighted by atomic mass is 9.99. The van der Waals surface area contributed by atoms with Gasteiger partial charge in [-0.2, -0.15) is 13.2 Å². The summed E-state index contributed by atoms with van der Waals surface area (Å²) in [4.78, 5) is 34.9. The Morgan fingerprint density at radius 2 is 1.78 bits per heavy atom. The van der Waals surface area contributed by atoms with Crippen molar-refractivity contribution in [2.75, 3.05) is 17.7 Å². The van der Waals surface area contributed by atoms with E-state index >= 15 is 0 Å². The number of alkyl halides is 3. The highest BCUT2D eigenvalue weighted by Gasteiger charge is 2.30. The Morgan fingerprint density at radius 3 is 2.51 bits per heavy atom. The number of Topliss-reactive ketones (excluding diaryl/α,β-unsaturated/α-hetero) is 1. The highest BCUT2D eigenvalue weighted by Crippen LogP contribution is 2.33. The van der Waals surface area contributed by atoms with Crippen molar-refractivity contribution in [2.24, 2.45) is 0 Å². The van der Waals surface area contributed by atoms with E-state index in [4.69, 9.17) is 4.74 Å². The van der Waals surface area contributed by atoms with Crippen LogP contribution in [0.2, 0.25) is 0 Å². The summed E-state index contributed by atoms with van der Waals surface area (Å²) in [5, 5.41) is 7.77. The fourth-order valence-electron chi connectivity index (χ4n) is 4.18. The van der Waals surface area contributed by atoms with Gasteiger partial charge in [-0.15, -0.1) is 11.3 Å². The first-order valence-corrected chi connectivity index (χ1v) is 13.2. The number of rotatable bonds is 8. The molecule has 0 spiro atoms. The first-order valence-electron chi connectivity index (χ1n) is 12.4. The van der Waals surface area contributed by atoms with Crippen LogP contribution in [0.3, 0.4) is 0 Å². The van der Waals surface area contributed by atoms with E-state index in [1.165, 1.54) is 35.9 Å². The van der Waals surface area contributed by atoms with Gasteiger partial charge in [0.15, 0.2) is 11.6 Å². The zero-order valence-corrected chi connectivity index (χ0v) is 22.7. The fourth-order valence-corrected chi connectivity index (χ4v) is 5.12.